The Kier molecular flexibility index (Phi) is 5.33. The summed E-state index contributed by atoms with van der Waals surface area (Å²) in [6.45, 7) is 3.30. The first-order chi connectivity index (χ1) is 12.1. The summed E-state index contributed by atoms with van der Waals surface area (Å²) in [6, 6.07) is 17.4. The van der Waals surface area contributed by atoms with Crippen molar-refractivity contribution >= 4 is 17.7 Å². The molecule has 1 N–H and O–H groups in total. The van der Waals surface area contributed by atoms with Gasteiger partial charge in [-0.15, -0.1) is 0 Å². The molecule has 0 bridgehead atoms. The number of aryl methyl sites for hydroxylation is 1. The van der Waals surface area contributed by atoms with E-state index < -0.39 is 6.09 Å². The Bertz CT molecular complexity index is 728. The smallest absolute Gasteiger partial charge is 0.407 e. The number of ether oxygens (including phenoxy) is 1. The van der Waals surface area contributed by atoms with Crippen molar-refractivity contribution in [1.82, 2.24) is 5.32 Å². The molecular formula is C20H22N2O3. The van der Waals surface area contributed by atoms with Gasteiger partial charge in [-0.1, -0.05) is 48.0 Å². The van der Waals surface area contributed by atoms with Crippen LogP contribution in [0.15, 0.2) is 54.6 Å². The molecule has 0 aliphatic carbocycles. The zero-order valence-corrected chi connectivity index (χ0v) is 14.3. The third-order valence-corrected chi connectivity index (χ3v) is 4.30. The summed E-state index contributed by atoms with van der Waals surface area (Å²) in [5.41, 5.74) is 3.01. The second-order valence-electron chi connectivity index (χ2n) is 6.35. The molecule has 2 aromatic carbocycles. The summed E-state index contributed by atoms with van der Waals surface area (Å²) in [6.07, 6.45) is -0.0163. The van der Waals surface area contributed by atoms with Gasteiger partial charge in [-0.05, 0) is 24.6 Å². The summed E-state index contributed by atoms with van der Waals surface area (Å²) < 4.78 is 5.19. The van der Waals surface area contributed by atoms with E-state index in [1.165, 1.54) is 0 Å². The van der Waals surface area contributed by atoms with Crippen LogP contribution in [0.25, 0.3) is 0 Å². The first-order valence-corrected chi connectivity index (χ1v) is 8.43. The van der Waals surface area contributed by atoms with Crippen molar-refractivity contribution in [3.8, 4) is 0 Å². The fraction of sp³-hybridized carbons (Fsp3) is 0.300. The fourth-order valence-electron chi connectivity index (χ4n) is 2.89. The lowest BCUT2D eigenvalue weighted by Crippen LogP contribution is -2.31. The monoisotopic (exact) mass is 338 g/mol. The van der Waals surface area contributed by atoms with E-state index in [1.54, 1.807) is 4.90 Å². The molecule has 0 aromatic heterocycles. The molecular weight excluding hydrogens is 316 g/mol. The maximum atomic E-state index is 12.2. The predicted molar refractivity (Wildman–Crippen MR) is 96.3 cm³/mol. The number of anilines is 1. The lowest BCUT2D eigenvalue weighted by atomic mass is 10.1. The lowest BCUT2D eigenvalue weighted by molar-refractivity contribution is -0.117. The maximum Gasteiger partial charge on any atom is 0.407 e. The minimum atomic E-state index is -0.454. The van der Waals surface area contributed by atoms with Gasteiger partial charge in [0.15, 0.2) is 0 Å². The van der Waals surface area contributed by atoms with Crippen LogP contribution in [0.2, 0.25) is 0 Å². The fourth-order valence-corrected chi connectivity index (χ4v) is 2.89. The molecule has 0 spiro atoms. The van der Waals surface area contributed by atoms with E-state index in [0.29, 0.717) is 19.5 Å². The van der Waals surface area contributed by atoms with Crippen molar-refractivity contribution in [1.29, 1.82) is 0 Å². The van der Waals surface area contributed by atoms with E-state index in [2.05, 4.69) is 5.32 Å². The third-order valence-electron chi connectivity index (χ3n) is 4.30. The van der Waals surface area contributed by atoms with E-state index in [0.717, 1.165) is 16.8 Å². The molecule has 5 heteroatoms. The van der Waals surface area contributed by atoms with Gasteiger partial charge in [0.1, 0.15) is 6.61 Å². The SMILES string of the molecule is Cc1ccc(N2CC(CNC(=O)OCc3ccccc3)CC2=O)cc1. The van der Waals surface area contributed by atoms with Crippen molar-refractivity contribution in [2.75, 3.05) is 18.0 Å². The number of benzene rings is 2. The van der Waals surface area contributed by atoms with E-state index >= 15 is 0 Å². The Hall–Kier alpha value is -2.82. The van der Waals surface area contributed by atoms with Crippen LogP contribution >= 0.6 is 0 Å². The molecule has 0 radical (unpaired) electrons. The Morgan fingerprint density at radius 2 is 1.88 bits per heavy atom. The normalized spacial score (nSPS) is 16.8. The molecule has 1 fully saturated rings. The van der Waals surface area contributed by atoms with Gasteiger partial charge in [0.05, 0.1) is 0 Å². The van der Waals surface area contributed by atoms with Crippen molar-refractivity contribution in [3.63, 3.8) is 0 Å². The highest BCUT2D eigenvalue weighted by Gasteiger charge is 2.30. The number of nitrogens with zero attached hydrogens (tertiary/aromatic N) is 1. The number of amides is 2. The molecule has 0 saturated carbocycles. The van der Waals surface area contributed by atoms with E-state index in [4.69, 9.17) is 4.74 Å². The summed E-state index contributed by atoms with van der Waals surface area (Å²) in [5.74, 6) is 0.186. The molecule has 3 rings (SSSR count). The Balaban J connectivity index is 1.45. The Morgan fingerprint density at radius 3 is 2.60 bits per heavy atom. The third kappa shape index (κ3) is 4.59. The summed E-state index contributed by atoms with van der Waals surface area (Å²) >= 11 is 0. The Labute approximate surface area is 147 Å². The molecule has 5 nitrogen and oxygen atoms in total. The highest BCUT2D eigenvalue weighted by Crippen LogP contribution is 2.24. The van der Waals surface area contributed by atoms with Crippen LogP contribution in [-0.2, 0) is 16.1 Å². The van der Waals surface area contributed by atoms with Crippen molar-refractivity contribution in [2.45, 2.75) is 20.0 Å². The molecule has 2 amide bonds. The van der Waals surface area contributed by atoms with Gasteiger partial charge in [0, 0.05) is 31.1 Å². The van der Waals surface area contributed by atoms with Gasteiger partial charge in [0.2, 0.25) is 5.91 Å². The van der Waals surface area contributed by atoms with Gasteiger partial charge in [-0.2, -0.15) is 0 Å². The molecule has 1 aliphatic rings. The quantitative estimate of drug-likeness (QED) is 0.910. The largest absolute Gasteiger partial charge is 0.445 e. The Morgan fingerprint density at radius 1 is 1.16 bits per heavy atom. The lowest BCUT2D eigenvalue weighted by Gasteiger charge is -2.17. The second kappa shape index (κ2) is 7.83. The van der Waals surface area contributed by atoms with Crippen LogP contribution < -0.4 is 10.2 Å². The van der Waals surface area contributed by atoms with Gasteiger partial charge >= 0.3 is 6.09 Å². The number of nitrogens with one attached hydrogen (secondary N) is 1. The minimum Gasteiger partial charge on any atom is -0.445 e. The molecule has 1 aliphatic heterocycles. The van der Waals surface area contributed by atoms with Crippen LogP contribution in [0.4, 0.5) is 10.5 Å². The van der Waals surface area contributed by atoms with Gasteiger partial charge in [-0.3, -0.25) is 4.79 Å². The summed E-state index contributed by atoms with van der Waals surface area (Å²) in [4.78, 5) is 25.8. The van der Waals surface area contributed by atoms with Crippen LogP contribution in [0.5, 0.6) is 0 Å². The minimum absolute atomic E-state index is 0.0910. The average Bonchev–Trinajstić information content (AvgIpc) is 3.00. The molecule has 130 valence electrons. The standard InChI is InChI=1S/C20H22N2O3/c1-15-7-9-18(10-8-15)22-13-17(11-19(22)23)12-21-20(24)25-14-16-5-3-2-4-6-16/h2-10,17H,11-14H2,1H3,(H,21,24). The van der Waals surface area contributed by atoms with Crippen molar-refractivity contribution in [3.05, 3.63) is 65.7 Å². The molecule has 1 unspecified atom stereocenters. The number of hydrogen-bond donors (Lipinski definition) is 1. The van der Waals surface area contributed by atoms with E-state index in [-0.39, 0.29) is 18.4 Å². The summed E-state index contributed by atoms with van der Waals surface area (Å²) in [5, 5.41) is 2.76. The van der Waals surface area contributed by atoms with Gasteiger partial charge in [0.25, 0.3) is 0 Å². The van der Waals surface area contributed by atoms with Crippen LogP contribution in [0.3, 0.4) is 0 Å². The van der Waals surface area contributed by atoms with Crippen LogP contribution in [-0.4, -0.2) is 25.1 Å². The zero-order valence-electron chi connectivity index (χ0n) is 14.3. The molecule has 25 heavy (non-hydrogen) atoms. The summed E-state index contributed by atoms with van der Waals surface area (Å²) in [7, 11) is 0. The number of carbonyl (C=O) groups is 2. The molecule has 2 aromatic rings. The number of alkyl carbamates (subject to hydrolysis) is 1. The topological polar surface area (TPSA) is 58.6 Å². The van der Waals surface area contributed by atoms with Crippen molar-refractivity contribution in [2.24, 2.45) is 5.92 Å². The molecule has 1 heterocycles. The molecule has 1 atom stereocenters. The zero-order chi connectivity index (χ0) is 17.6. The first-order valence-electron chi connectivity index (χ1n) is 8.43. The van der Waals surface area contributed by atoms with Crippen molar-refractivity contribution < 1.29 is 14.3 Å². The van der Waals surface area contributed by atoms with Crippen LogP contribution in [0.1, 0.15) is 17.5 Å². The predicted octanol–water partition coefficient (Wildman–Crippen LogP) is 3.27. The van der Waals surface area contributed by atoms with E-state index in [1.807, 2.05) is 61.5 Å². The van der Waals surface area contributed by atoms with Gasteiger partial charge < -0.3 is 15.0 Å². The average molecular weight is 338 g/mol. The highest BCUT2D eigenvalue weighted by molar-refractivity contribution is 5.95. The van der Waals surface area contributed by atoms with Gasteiger partial charge in [-0.25, -0.2) is 4.79 Å². The maximum absolute atomic E-state index is 12.2. The van der Waals surface area contributed by atoms with Crippen LogP contribution in [0, 0.1) is 12.8 Å². The number of hydrogen-bond acceptors (Lipinski definition) is 3. The number of carbonyl (C=O) groups excluding carboxylic acids is 2. The second-order valence-corrected chi connectivity index (χ2v) is 6.35. The molecule has 1 saturated heterocycles. The highest BCUT2D eigenvalue weighted by atomic mass is 16.5. The number of rotatable bonds is 5. The first kappa shape index (κ1) is 17.0. The van der Waals surface area contributed by atoms with E-state index in [9.17, 15) is 9.59 Å².